The van der Waals surface area contributed by atoms with Crippen LogP contribution in [0.3, 0.4) is 0 Å². The fourth-order valence-corrected chi connectivity index (χ4v) is 1.55. The van der Waals surface area contributed by atoms with Crippen molar-refractivity contribution in [2.45, 2.75) is 4.90 Å². The van der Waals surface area contributed by atoms with Crippen molar-refractivity contribution in [3.05, 3.63) is 24.4 Å². The van der Waals surface area contributed by atoms with Gasteiger partial charge in [-0.2, -0.15) is 5.10 Å². The van der Waals surface area contributed by atoms with Gasteiger partial charge in [-0.15, -0.1) is 0 Å². The Bertz CT molecular complexity index is 371. The largest absolute Gasteiger partial charge is 0.278 e. The van der Waals surface area contributed by atoms with Gasteiger partial charge in [-0.25, -0.2) is 0 Å². The number of hydrogen-bond donors (Lipinski definition) is 1. The molecule has 1 aromatic heterocycles. The van der Waals surface area contributed by atoms with Crippen LogP contribution in [-0.2, 0) is 0 Å². The van der Waals surface area contributed by atoms with Crippen LogP contribution in [0.15, 0.2) is 29.3 Å². The van der Waals surface area contributed by atoms with Crippen molar-refractivity contribution < 1.29 is 0 Å². The summed E-state index contributed by atoms with van der Waals surface area (Å²) in [4.78, 5) is 1.04. The second kappa shape index (κ2) is 2.75. The van der Waals surface area contributed by atoms with Crippen LogP contribution in [-0.4, -0.2) is 10.2 Å². The lowest BCUT2D eigenvalue weighted by Crippen LogP contribution is -1.68. The van der Waals surface area contributed by atoms with Crippen molar-refractivity contribution in [2.24, 2.45) is 0 Å². The van der Waals surface area contributed by atoms with Gasteiger partial charge in [0.25, 0.3) is 0 Å². The van der Waals surface area contributed by atoms with E-state index in [-0.39, 0.29) is 0 Å². The molecular weight excluding hydrogens is 180 g/mol. The summed E-state index contributed by atoms with van der Waals surface area (Å²) in [5, 5.41) is 7.86. The van der Waals surface area contributed by atoms with Crippen LogP contribution < -0.4 is 0 Å². The summed E-state index contributed by atoms with van der Waals surface area (Å²) in [5.74, 6) is 0. The van der Waals surface area contributed by atoms with Gasteiger partial charge in [0.05, 0.1) is 11.7 Å². The molecule has 2 aromatic rings. The normalized spacial score (nSPS) is 10.6. The van der Waals surface area contributed by atoms with E-state index >= 15 is 0 Å². The van der Waals surface area contributed by atoms with Crippen LogP contribution in [0.4, 0.5) is 0 Å². The number of H-pyrrole nitrogens is 1. The molecule has 0 amide bonds. The van der Waals surface area contributed by atoms with Gasteiger partial charge in [0.15, 0.2) is 0 Å². The van der Waals surface area contributed by atoms with Crippen LogP contribution >= 0.6 is 21.7 Å². The first-order valence-electron chi connectivity index (χ1n) is 3.12. The van der Waals surface area contributed by atoms with E-state index in [2.05, 4.69) is 10.2 Å². The summed E-state index contributed by atoms with van der Waals surface area (Å²) in [7, 11) is 6.80. The third-order valence-corrected chi connectivity index (χ3v) is 2.47. The summed E-state index contributed by atoms with van der Waals surface area (Å²) >= 11 is 0. The summed E-state index contributed by atoms with van der Waals surface area (Å²) < 4.78 is 0. The molecular formula is C7H5ClN2S. The number of hydrogen-bond acceptors (Lipinski definition) is 2. The molecule has 56 valence electrons. The summed E-state index contributed by atoms with van der Waals surface area (Å²) in [5.41, 5.74) is 1.04. The molecule has 4 heteroatoms. The van der Waals surface area contributed by atoms with E-state index in [1.165, 1.54) is 11.0 Å². The topological polar surface area (TPSA) is 28.7 Å². The maximum absolute atomic E-state index is 5.58. The standard InChI is InChI=1S/C7H5ClN2S/c8-11-6-1-2-7-5(3-6)4-9-10-7/h1-4H,(H,9,10). The maximum Gasteiger partial charge on any atom is 0.0651 e. The molecule has 0 saturated carbocycles. The smallest absolute Gasteiger partial charge is 0.0651 e. The van der Waals surface area contributed by atoms with Gasteiger partial charge < -0.3 is 0 Å². The fourth-order valence-electron chi connectivity index (χ4n) is 0.969. The van der Waals surface area contributed by atoms with Crippen molar-refractivity contribution in [1.82, 2.24) is 10.2 Å². The molecule has 0 atom stereocenters. The zero-order valence-corrected chi connectivity index (χ0v) is 7.12. The molecule has 2 nitrogen and oxygen atoms in total. The van der Waals surface area contributed by atoms with Crippen LogP contribution in [0.5, 0.6) is 0 Å². The Morgan fingerprint density at radius 1 is 1.45 bits per heavy atom. The number of aromatic amines is 1. The van der Waals surface area contributed by atoms with E-state index in [0.717, 1.165) is 15.8 Å². The maximum atomic E-state index is 5.58. The molecule has 0 unspecified atom stereocenters. The highest BCUT2D eigenvalue weighted by molar-refractivity contribution is 8.21. The van der Waals surface area contributed by atoms with Crippen molar-refractivity contribution in [3.8, 4) is 0 Å². The van der Waals surface area contributed by atoms with Crippen LogP contribution in [0.25, 0.3) is 10.9 Å². The highest BCUT2D eigenvalue weighted by atomic mass is 35.7. The van der Waals surface area contributed by atoms with E-state index in [0.29, 0.717) is 0 Å². The number of benzene rings is 1. The number of nitrogens with one attached hydrogen (secondary N) is 1. The monoisotopic (exact) mass is 184 g/mol. The predicted octanol–water partition coefficient (Wildman–Crippen LogP) is 2.81. The lowest BCUT2D eigenvalue weighted by atomic mass is 10.3. The molecule has 0 spiro atoms. The van der Waals surface area contributed by atoms with Gasteiger partial charge in [-0.3, -0.25) is 5.10 Å². The SMILES string of the molecule is ClSc1ccc2[nH]ncc2c1. The molecule has 0 bridgehead atoms. The minimum Gasteiger partial charge on any atom is -0.278 e. The number of fused-ring (bicyclic) bond motifs is 1. The predicted molar refractivity (Wildman–Crippen MR) is 47.8 cm³/mol. The number of rotatable bonds is 1. The molecule has 0 saturated heterocycles. The lowest BCUT2D eigenvalue weighted by molar-refractivity contribution is 1.12. The van der Waals surface area contributed by atoms with Gasteiger partial charge in [-0.1, -0.05) is 0 Å². The molecule has 0 radical (unpaired) electrons. The van der Waals surface area contributed by atoms with Crippen molar-refractivity contribution in [1.29, 1.82) is 0 Å². The van der Waals surface area contributed by atoms with Gasteiger partial charge in [-0.05, 0) is 39.9 Å². The van der Waals surface area contributed by atoms with E-state index in [1.54, 1.807) is 6.20 Å². The minimum atomic E-state index is 1.04. The quantitative estimate of drug-likeness (QED) is 0.739. The molecule has 1 heterocycles. The average Bonchev–Trinajstić information content (AvgIpc) is 2.50. The first-order valence-corrected chi connectivity index (χ1v) is 4.76. The molecule has 0 aliphatic carbocycles. The Balaban J connectivity index is 2.67. The molecule has 0 aliphatic heterocycles. The minimum absolute atomic E-state index is 1.04. The Kier molecular flexibility index (Phi) is 1.75. The van der Waals surface area contributed by atoms with E-state index < -0.39 is 0 Å². The number of nitrogens with zero attached hydrogens (tertiary/aromatic N) is 1. The van der Waals surface area contributed by atoms with Gasteiger partial charge in [0, 0.05) is 10.3 Å². The van der Waals surface area contributed by atoms with Crippen LogP contribution in [0.1, 0.15) is 0 Å². The molecule has 1 aromatic carbocycles. The Morgan fingerprint density at radius 3 is 3.18 bits per heavy atom. The van der Waals surface area contributed by atoms with Gasteiger partial charge in [0.2, 0.25) is 0 Å². The van der Waals surface area contributed by atoms with Crippen LogP contribution in [0, 0.1) is 0 Å². The molecule has 0 aliphatic rings. The number of halogens is 1. The third-order valence-electron chi connectivity index (χ3n) is 1.50. The Morgan fingerprint density at radius 2 is 2.36 bits per heavy atom. The van der Waals surface area contributed by atoms with E-state index in [9.17, 15) is 0 Å². The zero-order chi connectivity index (χ0) is 7.68. The highest BCUT2D eigenvalue weighted by Gasteiger charge is 1.96. The van der Waals surface area contributed by atoms with Crippen molar-refractivity contribution in [2.75, 3.05) is 0 Å². The van der Waals surface area contributed by atoms with Gasteiger partial charge >= 0.3 is 0 Å². The highest BCUT2D eigenvalue weighted by Crippen LogP contribution is 2.24. The molecule has 1 N–H and O–H groups in total. The second-order valence-electron chi connectivity index (χ2n) is 2.20. The lowest BCUT2D eigenvalue weighted by Gasteiger charge is -1.91. The average molecular weight is 185 g/mol. The second-order valence-corrected chi connectivity index (χ2v) is 3.28. The Labute approximate surface area is 72.4 Å². The molecule has 11 heavy (non-hydrogen) atoms. The zero-order valence-electron chi connectivity index (χ0n) is 5.54. The fraction of sp³-hybridized carbons (Fsp3) is 0. The van der Waals surface area contributed by atoms with Crippen molar-refractivity contribution >= 4 is 32.6 Å². The molecule has 2 rings (SSSR count). The van der Waals surface area contributed by atoms with Gasteiger partial charge in [0.1, 0.15) is 0 Å². The first kappa shape index (κ1) is 7.00. The van der Waals surface area contributed by atoms with Crippen LogP contribution in [0.2, 0.25) is 0 Å². The first-order chi connectivity index (χ1) is 5.40. The summed E-state index contributed by atoms with van der Waals surface area (Å²) in [6.45, 7) is 0. The van der Waals surface area contributed by atoms with Crippen molar-refractivity contribution in [3.63, 3.8) is 0 Å². The molecule has 0 fully saturated rings. The summed E-state index contributed by atoms with van der Waals surface area (Å²) in [6.07, 6.45) is 1.78. The number of aromatic nitrogens is 2. The van der Waals surface area contributed by atoms with E-state index in [1.807, 2.05) is 18.2 Å². The third kappa shape index (κ3) is 1.21. The summed E-state index contributed by atoms with van der Waals surface area (Å²) in [6, 6.07) is 5.92. The van der Waals surface area contributed by atoms with E-state index in [4.69, 9.17) is 10.7 Å². The Hall–Kier alpha value is -0.670.